The van der Waals surface area contributed by atoms with Crippen LogP contribution in [-0.4, -0.2) is 9.38 Å². The van der Waals surface area contributed by atoms with Crippen LogP contribution in [0, 0.1) is 0 Å². The van der Waals surface area contributed by atoms with Crippen LogP contribution in [0.5, 0.6) is 5.75 Å². The third kappa shape index (κ3) is 2.65. The van der Waals surface area contributed by atoms with Gasteiger partial charge in [-0.25, -0.2) is 4.98 Å². The molecule has 2 heterocycles. The fourth-order valence-corrected chi connectivity index (χ4v) is 3.69. The van der Waals surface area contributed by atoms with Crippen molar-refractivity contribution in [2.24, 2.45) is 0 Å². The molecule has 102 valence electrons. The predicted molar refractivity (Wildman–Crippen MR) is 85.5 cm³/mol. The van der Waals surface area contributed by atoms with Crippen molar-refractivity contribution < 1.29 is 4.74 Å². The highest BCUT2D eigenvalue weighted by molar-refractivity contribution is 9.11. The average molecular weight is 416 g/mol. The molecule has 0 saturated heterocycles. The van der Waals surface area contributed by atoms with Gasteiger partial charge in [0.1, 0.15) is 12.4 Å². The standard InChI is InChI=1S/C13H8Br2N2O2S/c14-9-2-1-3-10(15)12(9)19-7-8-6-11(18)17-4-5-20-13(17)16-8/h1-6H,7H2. The molecule has 7 heteroatoms. The molecule has 1 aromatic carbocycles. The van der Waals surface area contributed by atoms with E-state index in [2.05, 4.69) is 36.8 Å². The first-order chi connectivity index (χ1) is 9.65. The first-order valence-corrected chi connectivity index (χ1v) is 8.14. The minimum absolute atomic E-state index is 0.0963. The fourth-order valence-electron chi connectivity index (χ4n) is 1.73. The minimum atomic E-state index is -0.0963. The van der Waals surface area contributed by atoms with Gasteiger partial charge in [0.15, 0.2) is 4.96 Å². The highest BCUT2D eigenvalue weighted by atomic mass is 79.9. The van der Waals surface area contributed by atoms with Crippen molar-refractivity contribution in [1.29, 1.82) is 0 Å². The van der Waals surface area contributed by atoms with Crippen molar-refractivity contribution in [1.82, 2.24) is 9.38 Å². The average Bonchev–Trinajstić information content (AvgIpc) is 2.87. The van der Waals surface area contributed by atoms with Crippen molar-refractivity contribution in [3.8, 4) is 5.75 Å². The second-order valence-electron chi connectivity index (χ2n) is 3.98. The van der Waals surface area contributed by atoms with Gasteiger partial charge in [0, 0.05) is 17.6 Å². The van der Waals surface area contributed by atoms with Gasteiger partial charge in [-0.05, 0) is 44.0 Å². The normalized spacial score (nSPS) is 10.9. The SMILES string of the molecule is O=c1cc(COc2c(Br)cccc2Br)nc2sccn12. The van der Waals surface area contributed by atoms with Crippen LogP contribution < -0.4 is 10.3 Å². The summed E-state index contributed by atoms with van der Waals surface area (Å²) < 4.78 is 8.95. The molecule has 0 aliphatic heterocycles. The first kappa shape index (κ1) is 13.8. The van der Waals surface area contributed by atoms with Crippen LogP contribution >= 0.6 is 43.2 Å². The number of thiazole rings is 1. The zero-order valence-corrected chi connectivity index (χ0v) is 14.0. The summed E-state index contributed by atoms with van der Waals surface area (Å²) in [6.45, 7) is 0.241. The Balaban J connectivity index is 1.88. The maximum absolute atomic E-state index is 11.9. The van der Waals surface area contributed by atoms with Crippen molar-refractivity contribution in [2.75, 3.05) is 0 Å². The van der Waals surface area contributed by atoms with E-state index in [4.69, 9.17) is 4.74 Å². The first-order valence-electron chi connectivity index (χ1n) is 5.68. The van der Waals surface area contributed by atoms with Gasteiger partial charge in [-0.2, -0.15) is 0 Å². The molecule has 4 nitrogen and oxygen atoms in total. The molecule has 0 aliphatic carbocycles. The van der Waals surface area contributed by atoms with E-state index >= 15 is 0 Å². The van der Waals surface area contributed by atoms with Crippen molar-refractivity contribution >= 4 is 48.2 Å². The van der Waals surface area contributed by atoms with Gasteiger partial charge in [-0.1, -0.05) is 6.07 Å². The minimum Gasteiger partial charge on any atom is -0.485 e. The summed E-state index contributed by atoms with van der Waals surface area (Å²) >= 11 is 8.28. The Morgan fingerprint density at radius 1 is 1.30 bits per heavy atom. The zero-order chi connectivity index (χ0) is 14.1. The van der Waals surface area contributed by atoms with Crippen molar-refractivity contribution in [2.45, 2.75) is 6.61 Å². The summed E-state index contributed by atoms with van der Waals surface area (Å²) in [5.41, 5.74) is 0.515. The lowest BCUT2D eigenvalue weighted by atomic mass is 10.3. The quantitative estimate of drug-likeness (QED) is 0.652. The van der Waals surface area contributed by atoms with Crippen molar-refractivity contribution in [3.05, 3.63) is 60.8 Å². The summed E-state index contributed by atoms with van der Waals surface area (Å²) in [5.74, 6) is 0.695. The Labute approximate surface area is 135 Å². The zero-order valence-electron chi connectivity index (χ0n) is 10.0. The molecule has 0 bridgehead atoms. The number of halogens is 2. The number of para-hydroxylation sites is 1. The number of benzene rings is 1. The fraction of sp³-hybridized carbons (Fsp3) is 0.0769. The molecular weight excluding hydrogens is 408 g/mol. The van der Waals surface area contributed by atoms with Crippen molar-refractivity contribution in [3.63, 3.8) is 0 Å². The Morgan fingerprint density at radius 3 is 2.80 bits per heavy atom. The third-order valence-corrected chi connectivity index (χ3v) is 4.65. The smallest absolute Gasteiger partial charge is 0.258 e. The monoisotopic (exact) mass is 414 g/mol. The van der Waals surface area contributed by atoms with E-state index in [9.17, 15) is 4.79 Å². The molecule has 0 unspecified atom stereocenters. The summed E-state index contributed by atoms with van der Waals surface area (Å²) in [7, 11) is 0. The highest BCUT2D eigenvalue weighted by Gasteiger charge is 2.08. The van der Waals surface area contributed by atoms with Gasteiger partial charge in [0.25, 0.3) is 5.56 Å². The lowest BCUT2D eigenvalue weighted by molar-refractivity contribution is 0.297. The van der Waals surface area contributed by atoms with E-state index in [1.165, 1.54) is 21.8 Å². The Kier molecular flexibility index (Phi) is 3.91. The van der Waals surface area contributed by atoms with Crippen LogP contribution in [0.3, 0.4) is 0 Å². The summed E-state index contributed by atoms with van der Waals surface area (Å²) in [4.78, 5) is 16.9. The summed E-state index contributed by atoms with van der Waals surface area (Å²) in [5, 5.41) is 1.83. The third-order valence-electron chi connectivity index (χ3n) is 2.64. The Bertz CT molecular complexity index is 808. The molecule has 0 aliphatic rings. The molecule has 0 radical (unpaired) electrons. The largest absolute Gasteiger partial charge is 0.485 e. The maximum atomic E-state index is 11.9. The number of ether oxygens (including phenoxy) is 1. The number of aromatic nitrogens is 2. The summed E-state index contributed by atoms with van der Waals surface area (Å²) in [6.07, 6.45) is 1.71. The van der Waals surface area contributed by atoms with E-state index in [0.29, 0.717) is 16.4 Å². The van der Waals surface area contributed by atoms with Crippen LogP contribution in [-0.2, 0) is 6.61 Å². The van der Waals surface area contributed by atoms with Crippen LogP contribution in [0.15, 0.2) is 49.6 Å². The molecular formula is C13H8Br2N2O2S. The molecule has 3 rings (SSSR count). The van der Waals surface area contributed by atoms with Gasteiger partial charge >= 0.3 is 0 Å². The maximum Gasteiger partial charge on any atom is 0.258 e. The van der Waals surface area contributed by atoms with Gasteiger partial charge in [-0.15, -0.1) is 11.3 Å². The molecule has 2 aromatic heterocycles. The molecule has 0 spiro atoms. The van der Waals surface area contributed by atoms with E-state index in [0.717, 1.165) is 8.95 Å². The van der Waals surface area contributed by atoms with E-state index in [1.54, 1.807) is 6.20 Å². The van der Waals surface area contributed by atoms with Gasteiger partial charge < -0.3 is 4.74 Å². The molecule has 0 amide bonds. The Morgan fingerprint density at radius 2 is 2.05 bits per heavy atom. The number of hydrogen-bond donors (Lipinski definition) is 0. The topological polar surface area (TPSA) is 43.6 Å². The lowest BCUT2D eigenvalue weighted by Crippen LogP contribution is -2.14. The highest BCUT2D eigenvalue weighted by Crippen LogP contribution is 2.33. The van der Waals surface area contributed by atoms with E-state index in [1.807, 2.05) is 23.6 Å². The molecule has 0 saturated carbocycles. The second kappa shape index (κ2) is 5.67. The number of fused-ring (bicyclic) bond motifs is 1. The van der Waals surface area contributed by atoms with Crippen LogP contribution in [0.25, 0.3) is 4.96 Å². The van der Waals surface area contributed by atoms with Gasteiger partial charge in [0.2, 0.25) is 0 Å². The molecule has 0 atom stereocenters. The van der Waals surface area contributed by atoms with E-state index in [-0.39, 0.29) is 12.2 Å². The number of nitrogens with zero attached hydrogens (tertiary/aromatic N) is 2. The van der Waals surface area contributed by atoms with Gasteiger partial charge in [0.05, 0.1) is 14.6 Å². The predicted octanol–water partition coefficient (Wildman–Crippen LogP) is 3.86. The van der Waals surface area contributed by atoms with Crippen LogP contribution in [0.2, 0.25) is 0 Å². The lowest BCUT2D eigenvalue weighted by Gasteiger charge is -2.09. The van der Waals surface area contributed by atoms with E-state index < -0.39 is 0 Å². The second-order valence-corrected chi connectivity index (χ2v) is 6.56. The van der Waals surface area contributed by atoms with Gasteiger partial charge in [-0.3, -0.25) is 9.20 Å². The van der Waals surface area contributed by atoms with Crippen LogP contribution in [0.1, 0.15) is 5.69 Å². The Hall–Kier alpha value is -1.18. The molecule has 20 heavy (non-hydrogen) atoms. The number of hydrogen-bond acceptors (Lipinski definition) is 4. The number of rotatable bonds is 3. The molecule has 0 N–H and O–H groups in total. The molecule has 3 aromatic rings. The summed E-state index contributed by atoms with van der Waals surface area (Å²) in [6, 6.07) is 7.18. The molecule has 0 fully saturated rings. The van der Waals surface area contributed by atoms with Crippen LogP contribution in [0.4, 0.5) is 0 Å².